The monoisotopic (exact) mass is 266 g/mol. The van der Waals surface area contributed by atoms with Crippen molar-refractivity contribution in [1.29, 1.82) is 0 Å². The predicted octanol–water partition coefficient (Wildman–Crippen LogP) is 1.05. The highest BCUT2D eigenvalue weighted by molar-refractivity contribution is 5.25. The van der Waals surface area contributed by atoms with Crippen LogP contribution in [0.3, 0.4) is 0 Å². The Morgan fingerprint density at radius 3 is 2.65 bits per heavy atom. The Balaban J connectivity index is 0.000000121. The smallest absolute Gasteiger partial charge is 0.0889 e. The number of nitrogens with one attached hydrogen (secondary N) is 2. The molecule has 4 rings (SSSR count). The highest BCUT2D eigenvalue weighted by Gasteiger charge is 2.07. The standard InChI is InChI=1S/2C8H9N2/c1-3-9-6-8-2-4-10-5-7(1)8;1-3-9-5-8-6-10-4-2-7(1)8/h1,6,10H,2,4-5H2;4,6,9H,1,3,5H2. The summed E-state index contributed by atoms with van der Waals surface area (Å²) in [5, 5.41) is 6.57. The minimum Gasteiger partial charge on any atom is -0.312 e. The van der Waals surface area contributed by atoms with Gasteiger partial charge in [0.2, 0.25) is 0 Å². The molecule has 102 valence electrons. The first-order chi connectivity index (χ1) is 9.93. The number of nitrogens with zero attached hydrogens (tertiary/aromatic N) is 2. The second kappa shape index (κ2) is 6.59. The number of rotatable bonds is 0. The Morgan fingerprint density at radius 1 is 0.950 bits per heavy atom. The van der Waals surface area contributed by atoms with Crippen LogP contribution in [0.4, 0.5) is 0 Å². The molecule has 2 radical (unpaired) electrons. The molecule has 2 aromatic rings. The fourth-order valence-corrected chi connectivity index (χ4v) is 2.48. The summed E-state index contributed by atoms with van der Waals surface area (Å²) >= 11 is 0. The van der Waals surface area contributed by atoms with Gasteiger partial charge in [-0.1, -0.05) is 0 Å². The van der Waals surface area contributed by atoms with E-state index in [4.69, 9.17) is 0 Å². The normalized spacial score (nSPS) is 16.4. The molecule has 2 aromatic heterocycles. The zero-order valence-corrected chi connectivity index (χ0v) is 11.4. The van der Waals surface area contributed by atoms with E-state index in [-0.39, 0.29) is 0 Å². The van der Waals surface area contributed by atoms with E-state index in [9.17, 15) is 0 Å². The lowest BCUT2D eigenvalue weighted by Crippen LogP contribution is -2.23. The quantitative estimate of drug-likeness (QED) is 0.748. The van der Waals surface area contributed by atoms with Crippen molar-refractivity contribution in [3.8, 4) is 0 Å². The van der Waals surface area contributed by atoms with Crippen molar-refractivity contribution in [2.24, 2.45) is 0 Å². The third kappa shape index (κ3) is 3.21. The van der Waals surface area contributed by atoms with Gasteiger partial charge in [-0.25, -0.2) is 0 Å². The summed E-state index contributed by atoms with van der Waals surface area (Å²) in [4.78, 5) is 7.95. The molecule has 4 nitrogen and oxygen atoms in total. The Bertz CT molecular complexity index is 466. The third-order valence-electron chi connectivity index (χ3n) is 3.63. The van der Waals surface area contributed by atoms with Crippen LogP contribution in [0.15, 0.2) is 24.7 Å². The van der Waals surface area contributed by atoms with Crippen LogP contribution in [0.25, 0.3) is 0 Å². The largest absolute Gasteiger partial charge is 0.312 e. The Hall–Kier alpha value is -1.78. The molecule has 0 amide bonds. The van der Waals surface area contributed by atoms with Crippen molar-refractivity contribution >= 4 is 0 Å². The highest BCUT2D eigenvalue weighted by Crippen LogP contribution is 2.10. The van der Waals surface area contributed by atoms with Gasteiger partial charge in [-0.3, -0.25) is 9.97 Å². The summed E-state index contributed by atoms with van der Waals surface area (Å²) in [6.07, 6.45) is 10.6. The molecule has 0 saturated carbocycles. The van der Waals surface area contributed by atoms with E-state index in [1.54, 1.807) is 6.20 Å². The van der Waals surface area contributed by atoms with Gasteiger partial charge in [-0.05, 0) is 54.3 Å². The van der Waals surface area contributed by atoms with E-state index in [0.29, 0.717) is 0 Å². The molecular weight excluding hydrogens is 248 g/mol. The van der Waals surface area contributed by atoms with Crippen molar-refractivity contribution in [3.05, 3.63) is 59.2 Å². The zero-order valence-electron chi connectivity index (χ0n) is 11.4. The Kier molecular flexibility index (Phi) is 4.35. The second-order valence-corrected chi connectivity index (χ2v) is 4.99. The van der Waals surface area contributed by atoms with Gasteiger partial charge >= 0.3 is 0 Å². The van der Waals surface area contributed by atoms with Crippen LogP contribution in [0.2, 0.25) is 0 Å². The van der Waals surface area contributed by atoms with E-state index in [0.717, 1.165) is 39.0 Å². The van der Waals surface area contributed by atoms with Gasteiger partial charge < -0.3 is 10.6 Å². The van der Waals surface area contributed by atoms with E-state index in [1.807, 2.05) is 18.5 Å². The molecule has 0 saturated heterocycles. The van der Waals surface area contributed by atoms with Crippen LogP contribution in [-0.2, 0) is 25.9 Å². The van der Waals surface area contributed by atoms with E-state index >= 15 is 0 Å². The van der Waals surface area contributed by atoms with Crippen LogP contribution in [0.1, 0.15) is 22.3 Å². The van der Waals surface area contributed by atoms with Gasteiger partial charge in [0, 0.05) is 37.7 Å². The zero-order chi connectivity index (χ0) is 13.6. The maximum Gasteiger partial charge on any atom is 0.0889 e. The average molecular weight is 266 g/mol. The summed E-state index contributed by atoms with van der Waals surface area (Å²) in [6, 6.07) is 5.10. The maximum atomic E-state index is 4.00. The SMILES string of the molecule is [c]1cc2c(cn1)CCNC2.[c]1cncc2c1CCNC2. The minimum absolute atomic E-state index is 0.958. The number of hydrogen-bond acceptors (Lipinski definition) is 4. The van der Waals surface area contributed by atoms with Crippen molar-refractivity contribution in [1.82, 2.24) is 20.6 Å². The fraction of sp³-hybridized carbons (Fsp3) is 0.375. The fourth-order valence-electron chi connectivity index (χ4n) is 2.48. The van der Waals surface area contributed by atoms with Crippen molar-refractivity contribution < 1.29 is 0 Å². The Morgan fingerprint density at radius 2 is 1.80 bits per heavy atom. The molecule has 20 heavy (non-hydrogen) atoms. The first-order valence-corrected chi connectivity index (χ1v) is 7.02. The van der Waals surface area contributed by atoms with Gasteiger partial charge in [0.1, 0.15) is 0 Å². The van der Waals surface area contributed by atoms with Crippen LogP contribution >= 0.6 is 0 Å². The third-order valence-corrected chi connectivity index (χ3v) is 3.63. The van der Waals surface area contributed by atoms with Crippen LogP contribution in [0, 0.1) is 12.3 Å². The van der Waals surface area contributed by atoms with E-state index in [1.165, 1.54) is 22.3 Å². The number of aromatic nitrogens is 2. The summed E-state index contributed by atoms with van der Waals surface area (Å²) in [5.74, 6) is 0. The lowest BCUT2D eigenvalue weighted by Gasteiger charge is -2.14. The van der Waals surface area contributed by atoms with Gasteiger partial charge in [0.05, 0.1) is 6.20 Å². The molecule has 4 heterocycles. The van der Waals surface area contributed by atoms with Gasteiger partial charge in [-0.2, -0.15) is 0 Å². The van der Waals surface area contributed by atoms with Crippen molar-refractivity contribution in [2.75, 3.05) is 13.1 Å². The number of hydrogen-bond donors (Lipinski definition) is 2. The molecule has 4 heteroatoms. The van der Waals surface area contributed by atoms with Gasteiger partial charge in [-0.15, -0.1) is 0 Å². The van der Waals surface area contributed by atoms with Crippen molar-refractivity contribution in [3.63, 3.8) is 0 Å². The molecule has 2 N–H and O–H groups in total. The molecule has 2 aliphatic rings. The summed E-state index contributed by atoms with van der Waals surface area (Å²) in [6.45, 7) is 4.10. The lowest BCUT2D eigenvalue weighted by atomic mass is 10.0. The number of fused-ring (bicyclic) bond motifs is 2. The summed E-state index contributed by atoms with van der Waals surface area (Å²) in [5.41, 5.74) is 5.35. The highest BCUT2D eigenvalue weighted by atomic mass is 14.9. The van der Waals surface area contributed by atoms with Gasteiger partial charge in [0.15, 0.2) is 0 Å². The predicted molar refractivity (Wildman–Crippen MR) is 77.0 cm³/mol. The molecule has 0 aliphatic carbocycles. The first kappa shape index (κ1) is 13.2. The molecule has 0 spiro atoms. The topological polar surface area (TPSA) is 49.8 Å². The molecule has 0 aromatic carbocycles. The first-order valence-electron chi connectivity index (χ1n) is 7.02. The van der Waals surface area contributed by atoms with E-state index in [2.05, 4.69) is 32.9 Å². The lowest BCUT2D eigenvalue weighted by molar-refractivity contribution is 0.640. The van der Waals surface area contributed by atoms with E-state index < -0.39 is 0 Å². The summed E-state index contributed by atoms with van der Waals surface area (Å²) in [7, 11) is 0. The molecule has 0 bridgehead atoms. The van der Waals surface area contributed by atoms with Crippen LogP contribution in [0.5, 0.6) is 0 Å². The summed E-state index contributed by atoms with van der Waals surface area (Å²) < 4.78 is 0. The minimum atomic E-state index is 0.958. The van der Waals surface area contributed by atoms with Crippen LogP contribution < -0.4 is 10.6 Å². The van der Waals surface area contributed by atoms with Gasteiger partial charge in [0.25, 0.3) is 0 Å². The number of pyridine rings is 2. The molecule has 0 atom stereocenters. The molecule has 0 unspecified atom stereocenters. The molecular formula is C16H18N4. The maximum absolute atomic E-state index is 4.00. The molecule has 0 fully saturated rings. The average Bonchev–Trinajstić information content (AvgIpc) is 2.56. The van der Waals surface area contributed by atoms with Crippen LogP contribution in [-0.4, -0.2) is 23.1 Å². The van der Waals surface area contributed by atoms with Crippen molar-refractivity contribution in [2.45, 2.75) is 25.9 Å². The Labute approximate surface area is 119 Å². The second-order valence-electron chi connectivity index (χ2n) is 4.99. The molecule has 2 aliphatic heterocycles.